The first kappa shape index (κ1) is 24.3. The van der Waals surface area contributed by atoms with Crippen molar-refractivity contribution >= 4 is 39.1 Å². The normalized spacial score (nSPS) is 11.2. The van der Waals surface area contributed by atoms with Crippen molar-refractivity contribution < 1.29 is 31.5 Å². The molecule has 0 saturated carbocycles. The third-order valence-corrected chi connectivity index (χ3v) is 6.48. The minimum absolute atomic E-state index is 0.0846. The van der Waals surface area contributed by atoms with Gasteiger partial charge in [-0.25, -0.2) is 8.42 Å². The van der Waals surface area contributed by atoms with Crippen LogP contribution in [0.25, 0.3) is 0 Å². The van der Waals surface area contributed by atoms with E-state index in [0.717, 1.165) is 0 Å². The summed E-state index contributed by atoms with van der Waals surface area (Å²) in [6.45, 7) is 0. The van der Waals surface area contributed by atoms with Gasteiger partial charge in [0.1, 0.15) is 0 Å². The molecule has 3 aromatic rings. The number of amides is 1. The highest BCUT2D eigenvalue weighted by molar-refractivity contribution is 7.99. The Labute approximate surface area is 194 Å². The fourth-order valence-electron chi connectivity index (χ4n) is 2.84. The molecule has 0 aromatic heterocycles. The van der Waals surface area contributed by atoms with Gasteiger partial charge in [-0.15, -0.1) is 0 Å². The Morgan fingerprint density at radius 2 is 1.61 bits per heavy atom. The number of ether oxygens (including phenoxy) is 2. The van der Waals surface area contributed by atoms with Gasteiger partial charge in [0.25, 0.3) is 21.7 Å². The highest BCUT2D eigenvalue weighted by Crippen LogP contribution is 2.29. The van der Waals surface area contributed by atoms with Crippen molar-refractivity contribution in [2.45, 2.75) is 15.5 Å². The van der Waals surface area contributed by atoms with E-state index in [4.69, 9.17) is 9.47 Å². The summed E-state index contributed by atoms with van der Waals surface area (Å²) in [6, 6.07) is 15.9. The van der Waals surface area contributed by atoms with E-state index in [1.54, 1.807) is 18.2 Å². The highest BCUT2D eigenvalue weighted by atomic mass is 32.2. The van der Waals surface area contributed by atoms with Crippen LogP contribution in [0.4, 0.5) is 20.2 Å². The van der Waals surface area contributed by atoms with Crippen LogP contribution >= 0.6 is 11.8 Å². The van der Waals surface area contributed by atoms with Gasteiger partial charge in [-0.3, -0.25) is 9.52 Å². The lowest BCUT2D eigenvalue weighted by atomic mass is 10.2. The Morgan fingerprint density at radius 1 is 0.909 bits per heavy atom. The molecule has 7 nitrogen and oxygen atoms in total. The number of halogens is 2. The summed E-state index contributed by atoms with van der Waals surface area (Å²) in [5, 5.41) is 2.65. The number of anilines is 2. The van der Waals surface area contributed by atoms with Gasteiger partial charge in [-0.2, -0.15) is 8.78 Å². The molecule has 174 valence electrons. The predicted octanol–water partition coefficient (Wildman–Crippen LogP) is 5.07. The van der Waals surface area contributed by atoms with Crippen molar-refractivity contribution in [3.8, 4) is 11.5 Å². The van der Waals surface area contributed by atoms with Crippen LogP contribution in [-0.2, 0) is 10.0 Å². The first-order chi connectivity index (χ1) is 15.7. The van der Waals surface area contributed by atoms with E-state index in [-0.39, 0.29) is 16.3 Å². The molecule has 0 saturated heterocycles. The second kappa shape index (κ2) is 10.5. The van der Waals surface area contributed by atoms with E-state index >= 15 is 0 Å². The maximum absolute atomic E-state index is 12.7. The monoisotopic (exact) mass is 494 g/mol. The second-order valence-electron chi connectivity index (χ2n) is 6.56. The maximum Gasteiger partial charge on any atom is 0.288 e. The van der Waals surface area contributed by atoms with Gasteiger partial charge in [-0.05, 0) is 60.7 Å². The Bertz CT molecular complexity index is 1240. The van der Waals surface area contributed by atoms with Crippen LogP contribution < -0.4 is 19.5 Å². The molecule has 0 heterocycles. The molecule has 33 heavy (non-hydrogen) atoms. The van der Waals surface area contributed by atoms with Gasteiger partial charge in [0, 0.05) is 21.8 Å². The number of nitrogens with one attached hydrogen (secondary N) is 2. The van der Waals surface area contributed by atoms with Gasteiger partial charge in [0.2, 0.25) is 0 Å². The first-order valence-electron chi connectivity index (χ1n) is 9.43. The van der Waals surface area contributed by atoms with Crippen molar-refractivity contribution in [2.24, 2.45) is 0 Å². The number of thioether (sulfide) groups is 1. The van der Waals surface area contributed by atoms with Gasteiger partial charge in [-0.1, -0.05) is 17.8 Å². The van der Waals surface area contributed by atoms with Crippen LogP contribution in [-0.4, -0.2) is 34.3 Å². The SMILES string of the molecule is COc1ccc(C(=O)Nc2cccc(S(=O)(=O)Nc3ccc(SC(F)F)cc3)c2)cc1OC. The van der Waals surface area contributed by atoms with Crippen LogP contribution in [0.3, 0.4) is 0 Å². The Morgan fingerprint density at radius 3 is 2.24 bits per heavy atom. The average Bonchev–Trinajstić information content (AvgIpc) is 2.79. The fraction of sp³-hybridized carbons (Fsp3) is 0.136. The van der Waals surface area contributed by atoms with E-state index in [2.05, 4.69) is 10.0 Å². The van der Waals surface area contributed by atoms with Crippen LogP contribution in [0.5, 0.6) is 11.5 Å². The molecule has 0 aliphatic carbocycles. The number of carbonyl (C=O) groups excluding carboxylic acids is 1. The molecule has 0 spiro atoms. The lowest BCUT2D eigenvalue weighted by Gasteiger charge is -2.12. The summed E-state index contributed by atoms with van der Waals surface area (Å²) in [5.41, 5.74) is 0.774. The summed E-state index contributed by atoms with van der Waals surface area (Å²) in [5.74, 6) is -2.19. The van der Waals surface area contributed by atoms with E-state index in [1.807, 2.05) is 0 Å². The predicted molar refractivity (Wildman–Crippen MR) is 123 cm³/mol. The lowest BCUT2D eigenvalue weighted by molar-refractivity contribution is 0.102. The van der Waals surface area contributed by atoms with Crippen molar-refractivity contribution in [3.63, 3.8) is 0 Å². The summed E-state index contributed by atoms with van der Waals surface area (Å²) < 4.78 is 63.1. The van der Waals surface area contributed by atoms with Crippen LogP contribution in [0.15, 0.2) is 76.5 Å². The molecule has 0 aliphatic rings. The summed E-state index contributed by atoms with van der Waals surface area (Å²) in [7, 11) is -1.05. The molecule has 0 radical (unpaired) electrons. The number of methoxy groups -OCH3 is 2. The number of hydrogen-bond donors (Lipinski definition) is 2. The number of carbonyl (C=O) groups is 1. The highest BCUT2D eigenvalue weighted by Gasteiger charge is 2.17. The first-order valence-corrected chi connectivity index (χ1v) is 11.8. The molecule has 0 atom stereocenters. The van der Waals surface area contributed by atoms with Crippen molar-refractivity contribution in [1.82, 2.24) is 0 Å². The van der Waals surface area contributed by atoms with E-state index < -0.39 is 21.7 Å². The standard InChI is InChI=1S/C22H20F2N2O5S2/c1-30-19-11-6-14(12-20(19)31-2)21(27)25-16-4-3-5-18(13-16)33(28,29)26-15-7-9-17(10-8-15)32-22(23)24/h3-13,22,26H,1-2H3,(H,25,27). The fourth-order valence-corrected chi connectivity index (χ4v) is 4.44. The van der Waals surface area contributed by atoms with Crippen molar-refractivity contribution in [2.75, 3.05) is 24.3 Å². The molecule has 0 aliphatic heterocycles. The number of sulfonamides is 1. The molecule has 0 fully saturated rings. The van der Waals surface area contributed by atoms with Crippen LogP contribution in [0, 0.1) is 0 Å². The average molecular weight is 495 g/mol. The zero-order valence-electron chi connectivity index (χ0n) is 17.5. The zero-order valence-corrected chi connectivity index (χ0v) is 19.2. The molecular weight excluding hydrogens is 474 g/mol. The van der Waals surface area contributed by atoms with Crippen molar-refractivity contribution in [3.05, 3.63) is 72.3 Å². The zero-order chi connectivity index (χ0) is 24.0. The smallest absolute Gasteiger partial charge is 0.288 e. The molecular formula is C22H20F2N2O5S2. The van der Waals surface area contributed by atoms with Crippen LogP contribution in [0.1, 0.15) is 10.4 Å². The van der Waals surface area contributed by atoms with Gasteiger partial charge in [0.05, 0.1) is 19.1 Å². The topological polar surface area (TPSA) is 93.7 Å². The Balaban J connectivity index is 1.75. The molecule has 0 bridgehead atoms. The number of alkyl halides is 2. The van der Waals surface area contributed by atoms with E-state index in [0.29, 0.717) is 33.7 Å². The van der Waals surface area contributed by atoms with E-state index in [1.165, 1.54) is 62.8 Å². The maximum atomic E-state index is 12.7. The largest absolute Gasteiger partial charge is 0.493 e. The molecule has 3 rings (SSSR count). The third kappa shape index (κ3) is 6.36. The van der Waals surface area contributed by atoms with Gasteiger partial charge < -0.3 is 14.8 Å². The minimum Gasteiger partial charge on any atom is -0.493 e. The summed E-state index contributed by atoms with van der Waals surface area (Å²) in [4.78, 5) is 12.8. The molecule has 11 heteroatoms. The van der Waals surface area contributed by atoms with Gasteiger partial charge >= 0.3 is 0 Å². The Kier molecular flexibility index (Phi) is 7.77. The number of benzene rings is 3. The molecule has 3 aromatic carbocycles. The molecule has 1 amide bonds. The Hall–Kier alpha value is -3.31. The second-order valence-corrected chi connectivity index (χ2v) is 9.31. The number of hydrogen-bond acceptors (Lipinski definition) is 6. The number of rotatable bonds is 9. The minimum atomic E-state index is -3.98. The summed E-state index contributed by atoms with van der Waals surface area (Å²) in [6.07, 6.45) is 0. The quantitative estimate of drug-likeness (QED) is 0.404. The van der Waals surface area contributed by atoms with E-state index in [9.17, 15) is 22.0 Å². The molecule has 2 N–H and O–H groups in total. The van der Waals surface area contributed by atoms with Crippen molar-refractivity contribution in [1.29, 1.82) is 0 Å². The van der Waals surface area contributed by atoms with Crippen LogP contribution in [0.2, 0.25) is 0 Å². The summed E-state index contributed by atoms with van der Waals surface area (Å²) >= 11 is 0.366. The van der Waals surface area contributed by atoms with Gasteiger partial charge in [0.15, 0.2) is 11.5 Å². The lowest BCUT2D eigenvalue weighted by Crippen LogP contribution is -2.15. The third-order valence-electron chi connectivity index (χ3n) is 4.38. The molecule has 0 unspecified atom stereocenters.